The van der Waals surface area contributed by atoms with Crippen LogP contribution in [0.3, 0.4) is 0 Å². The van der Waals surface area contributed by atoms with E-state index in [0.717, 1.165) is 25.9 Å². The second-order valence-electron chi connectivity index (χ2n) is 9.09. The number of β-amino-alcohol motifs (C(OH)–C–C–N with tert-alkyl or cyclic N) is 1. The third-order valence-electron chi connectivity index (χ3n) is 6.69. The van der Waals surface area contributed by atoms with Crippen LogP contribution >= 0.6 is 0 Å². The number of hydrogen-bond donors (Lipinski definition) is 2. The quantitative estimate of drug-likeness (QED) is 0.713. The summed E-state index contributed by atoms with van der Waals surface area (Å²) in [6.07, 6.45) is 3.76. The van der Waals surface area contributed by atoms with Crippen molar-refractivity contribution in [1.82, 2.24) is 9.80 Å². The van der Waals surface area contributed by atoms with E-state index in [0.29, 0.717) is 30.7 Å². The van der Waals surface area contributed by atoms with E-state index in [2.05, 4.69) is 5.32 Å². The monoisotopic (exact) mass is 461 g/mol. The number of urea groups is 1. The van der Waals surface area contributed by atoms with Crippen LogP contribution in [-0.2, 0) is 14.3 Å². The van der Waals surface area contributed by atoms with E-state index < -0.39 is 6.10 Å². The lowest BCUT2D eigenvalue weighted by molar-refractivity contribution is -0.154. The van der Waals surface area contributed by atoms with Gasteiger partial charge in [0.15, 0.2) is 0 Å². The molecule has 1 aromatic rings. The first-order chi connectivity index (χ1) is 16.0. The normalized spacial score (nSPS) is 28.3. The highest BCUT2D eigenvalue weighted by atomic mass is 16.5. The predicted octanol–water partition coefficient (Wildman–Crippen LogP) is 2.24. The van der Waals surface area contributed by atoms with Gasteiger partial charge in [-0.1, -0.05) is 0 Å². The van der Waals surface area contributed by atoms with Gasteiger partial charge in [0, 0.05) is 18.8 Å². The van der Waals surface area contributed by atoms with Gasteiger partial charge < -0.3 is 34.4 Å². The fraction of sp³-hybridized carbons (Fsp3) is 0.667. The van der Waals surface area contributed by atoms with Gasteiger partial charge in [-0.15, -0.1) is 0 Å². The number of methoxy groups -OCH3 is 1. The zero-order chi connectivity index (χ0) is 23.2. The number of rotatable bonds is 4. The summed E-state index contributed by atoms with van der Waals surface area (Å²) in [7, 11) is 1.59. The number of aliphatic hydroxyl groups is 1. The van der Waals surface area contributed by atoms with Crippen LogP contribution in [0.1, 0.15) is 38.5 Å². The fourth-order valence-electron chi connectivity index (χ4n) is 4.91. The van der Waals surface area contributed by atoms with Crippen LogP contribution in [0.2, 0.25) is 0 Å². The first-order valence-corrected chi connectivity index (χ1v) is 11.9. The molecule has 1 aromatic carbocycles. The van der Waals surface area contributed by atoms with Crippen LogP contribution in [0.25, 0.3) is 0 Å². The van der Waals surface area contributed by atoms with Crippen LogP contribution in [0.4, 0.5) is 10.5 Å². The Kier molecular flexibility index (Phi) is 8.06. The number of fused-ring (bicyclic) bond motifs is 1. The van der Waals surface area contributed by atoms with Gasteiger partial charge in [-0.25, -0.2) is 4.79 Å². The van der Waals surface area contributed by atoms with Gasteiger partial charge in [0.1, 0.15) is 11.9 Å². The Hall–Kier alpha value is -2.36. The molecule has 3 saturated heterocycles. The second kappa shape index (κ2) is 11.2. The number of nitrogens with zero attached hydrogens (tertiary/aromatic N) is 2. The molecule has 9 nitrogen and oxygen atoms in total. The van der Waals surface area contributed by atoms with Crippen molar-refractivity contribution in [2.24, 2.45) is 0 Å². The molecule has 0 unspecified atom stereocenters. The minimum Gasteiger partial charge on any atom is -0.497 e. The summed E-state index contributed by atoms with van der Waals surface area (Å²) in [6.45, 7) is 2.23. The SMILES string of the molecule is COc1ccc(NC(=O)N2C[C@H](O)COC[C@H]3O[C@@H](CC(=O)N4CCCCC4)CC[C@@H]32)cc1. The Bertz CT molecular complexity index is 798. The molecule has 33 heavy (non-hydrogen) atoms. The molecule has 0 saturated carbocycles. The molecule has 3 fully saturated rings. The Labute approximate surface area is 195 Å². The molecule has 0 aliphatic carbocycles. The molecule has 3 heterocycles. The van der Waals surface area contributed by atoms with E-state index in [1.165, 1.54) is 6.42 Å². The van der Waals surface area contributed by atoms with Crippen molar-refractivity contribution >= 4 is 17.6 Å². The van der Waals surface area contributed by atoms with Crippen LogP contribution in [0, 0.1) is 0 Å². The molecule has 3 amide bonds. The molecule has 2 N–H and O–H groups in total. The average Bonchev–Trinajstić information content (AvgIpc) is 2.83. The van der Waals surface area contributed by atoms with Crippen molar-refractivity contribution in [3.8, 4) is 5.75 Å². The first-order valence-electron chi connectivity index (χ1n) is 11.9. The molecule has 3 aliphatic heterocycles. The maximum Gasteiger partial charge on any atom is 0.322 e. The Morgan fingerprint density at radius 2 is 1.88 bits per heavy atom. The predicted molar refractivity (Wildman–Crippen MR) is 122 cm³/mol. The third-order valence-corrected chi connectivity index (χ3v) is 6.69. The van der Waals surface area contributed by atoms with Crippen molar-refractivity contribution in [2.45, 2.75) is 62.9 Å². The maximum absolute atomic E-state index is 13.2. The van der Waals surface area contributed by atoms with E-state index >= 15 is 0 Å². The Balaban J connectivity index is 1.40. The molecule has 0 aromatic heterocycles. The summed E-state index contributed by atoms with van der Waals surface area (Å²) in [5.74, 6) is 0.854. The minimum atomic E-state index is -0.772. The molecule has 182 valence electrons. The van der Waals surface area contributed by atoms with E-state index in [4.69, 9.17) is 14.2 Å². The number of piperidine rings is 1. The van der Waals surface area contributed by atoms with E-state index in [1.807, 2.05) is 4.90 Å². The number of nitrogens with one attached hydrogen (secondary N) is 1. The van der Waals surface area contributed by atoms with Gasteiger partial charge in [-0.2, -0.15) is 0 Å². The van der Waals surface area contributed by atoms with Crippen LogP contribution in [-0.4, -0.2) is 91.2 Å². The molecule has 0 bridgehead atoms. The van der Waals surface area contributed by atoms with Crippen LogP contribution in [0.5, 0.6) is 5.75 Å². The van der Waals surface area contributed by atoms with E-state index in [1.54, 1.807) is 36.3 Å². The highest BCUT2D eigenvalue weighted by molar-refractivity contribution is 5.89. The smallest absolute Gasteiger partial charge is 0.322 e. The lowest BCUT2D eigenvalue weighted by Gasteiger charge is -2.44. The van der Waals surface area contributed by atoms with Crippen molar-refractivity contribution in [3.63, 3.8) is 0 Å². The van der Waals surface area contributed by atoms with Crippen molar-refractivity contribution < 1.29 is 28.9 Å². The summed E-state index contributed by atoms with van der Waals surface area (Å²) >= 11 is 0. The fourth-order valence-corrected chi connectivity index (χ4v) is 4.91. The van der Waals surface area contributed by atoms with Crippen molar-refractivity contribution in [3.05, 3.63) is 24.3 Å². The lowest BCUT2D eigenvalue weighted by Crippen LogP contribution is -2.58. The van der Waals surface area contributed by atoms with E-state index in [9.17, 15) is 14.7 Å². The Morgan fingerprint density at radius 3 is 2.61 bits per heavy atom. The number of carbonyl (C=O) groups is 2. The van der Waals surface area contributed by atoms with Gasteiger partial charge in [0.2, 0.25) is 5.91 Å². The standard InChI is InChI=1S/C24H35N3O6/c1-31-19-7-5-17(6-8-19)25-24(30)27-14-18(28)15-32-16-22-21(27)10-9-20(33-22)13-23(29)26-11-3-2-4-12-26/h5-8,18,20-22,28H,2-4,9-16H2,1H3,(H,25,30)/t18-,20+,21-,22+/m0/s1. The van der Waals surface area contributed by atoms with Gasteiger partial charge in [-0.05, 0) is 56.4 Å². The summed E-state index contributed by atoms with van der Waals surface area (Å²) in [4.78, 5) is 29.5. The molecule has 0 radical (unpaired) electrons. The molecule has 4 atom stereocenters. The zero-order valence-corrected chi connectivity index (χ0v) is 19.3. The minimum absolute atomic E-state index is 0.135. The summed E-state index contributed by atoms with van der Waals surface area (Å²) in [5, 5.41) is 13.2. The average molecular weight is 462 g/mol. The molecular formula is C24H35N3O6. The second-order valence-corrected chi connectivity index (χ2v) is 9.09. The number of likely N-dealkylation sites (tertiary alicyclic amines) is 1. The van der Waals surface area contributed by atoms with Gasteiger partial charge in [-0.3, -0.25) is 4.79 Å². The number of carbonyl (C=O) groups excluding carboxylic acids is 2. The highest BCUT2D eigenvalue weighted by Gasteiger charge is 2.40. The number of benzene rings is 1. The Morgan fingerprint density at radius 1 is 1.12 bits per heavy atom. The summed E-state index contributed by atoms with van der Waals surface area (Å²) in [5.41, 5.74) is 0.645. The van der Waals surface area contributed by atoms with Crippen LogP contribution in [0.15, 0.2) is 24.3 Å². The third kappa shape index (κ3) is 6.16. The summed E-state index contributed by atoms with van der Waals surface area (Å²) in [6, 6.07) is 6.58. The van der Waals surface area contributed by atoms with E-state index in [-0.39, 0.29) is 49.9 Å². The van der Waals surface area contributed by atoms with Gasteiger partial charge >= 0.3 is 6.03 Å². The lowest BCUT2D eigenvalue weighted by atomic mass is 9.94. The number of ether oxygens (including phenoxy) is 3. The first kappa shape index (κ1) is 23.8. The van der Waals surface area contributed by atoms with Crippen molar-refractivity contribution in [1.29, 1.82) is 0 Å². The van der Waals surface area contributed by atoms with Gasteiger partial charge in [0.05, 0.1) is 51.5 Å². The van der Waals surface area contributed by atoms with Crippen molar-refractivity contribution in [2.75, 3.05) is 45.3 Å². The summed E-state index contributed by atoms with van der Waals surface area (Å²) < 4.78 is 17.1. The molecule has 9 heteroatoms. The molecule has 4 rings (SSSR count). The molecule has 3 aliphatic rings. The molecular weight excluding hydrogens is 426 g/mol. The molecule has 0 spiro atoms. The number of amides is 3. The number of hydrogen-bond acceptors (Lipinski definition) is 6. The maximum atomic E-state index is 13.2. The number of aliphatic hydroxyl groups excluding tert-OH is 1. The largest absolute Gasteiger partial charge is 0.497 e. The van der Waals surface area contributed by atoms with Crippen LogP contribution < -0.4 is 10.1 Å². The number of anilines is 1. The topological polar surface area (TPSA) is 101 Å². The van der Waals surface area contributed by atoms with Gasteiger partial charge in [0.25, 0.3) is 0 Å². The highest BCUT2D eigenvalue weighted by Crippen LogP contribution is 2.29. The zero-order valence-electron chi connectivity index (χ0n) is 19.3.